The number of hydrogen-bond donors (Lipinski definition) is 0. The molecule has 0 saturated heterocycles. The molecular formula is C12H13NO3. The molecule has 0 spiro atoms. The number of benzene rings is 1. The molecule has 0 heterocycles. The quantitative estimate of drug-likeness (QED) is 0.753. The molecule has 0 N–H and O–H groups in total. The molecule has 0 unspecified atom stereocenters. The molecule has 4 heteroatoms. The van der Waals surface area contributed by atoms with E-state index < -0.39 is 5.92 Å². The SMILES string of the molecule is COCC(=O)[C@H](C#N)c1ccc(OC)cc1. The maximum absolute atomic E-state index is 11.6. The number of nitrogens with zero attached hydrogens (tertiary/aromatic N) is 1. The summed E-state index contributed by atoms with van der Waals surface area (Å²) >= 11 is 0. The van der Waals surface area contributed by atoms with Crippen molar-refractivity contribution in [3.05, 3.63) is 29.8 Å². The predicted molar refractivity (Wildman–Crippen MR) is 58.2 cm³/mol. The first-order chi connectivity index (χ1) is 7.72. The van der Waals surface area contributed by atoms with Crippen molar-refractivity contribution in [3.8, 4) is 11.8 Å². The summed E-state index contributed by atoms with van der Waals surface area (Å²) in [6.07, 6.45) is 0. The second-order valence-electron chi connectivity index (χ2n) is 3.23. The number of rotatable bonds is 5. The fourth-order valence-corrected chi connectivity index (χ4v) is 1.35. The third-order valence-electron chi connectivity index (χ3n) is 2.19. The van der Waals surface area contributed by atoms with Crippen LogP contribution in [0.2, 0.25) is 0 Å². The highest BCUT2D eigenvalue weighted by molar-refractivity contribution is 5.89. The van der Waals surface area contributed by atoms with Gasteiger partial charge in [0.25, 0.3) is 0 Å². The van der Waals surface area contributed by atoms with E-state index in [0.29, 0.717) is 11.3 Å². The molecule has 0 bridgehead atoms. The Labute approximate surface area is 94.4 Å². The van der Waals surface area contributed by atoms with Crippen molar-refractivity contribution in [2.24, 2.45) is 0 Å². The molecule has 1 aromatic rings. The van der Waals surface area contributed by atoms with Gasteiger partial charge in [0.2, 0.25) is 0 Å². The lowest BCUT2D eigenvalue weighted by Gasteiger charge is -2.08. The largest absolute Gasteiger partial charge is 0.497 e. The minimum absolute atomic E-state index is 0.0513. The van der Waals surface area contributed by atoms with Crippen LogP contribution in [0.15, 0.2) is 24.3 Å². The number of methoxy groups -OCH3 is 2. The third-order valence-corrected chi connectivity index (χ3v) is 2.19. The molecule has 1 aromatic carbocycles. The average molecular weight is 219 g/mol. The summed E-state index contributed by atoms with van der Waals surface area (Å²) in [4.78, 5) is 11.6. The van der Waals surface area contributed by atoms with Crippen LogP contribution in [-0.2, 0) is 9.53 Å². The number of Topliss-reactive ketones (excluding diaryl/α,β-unsaturated/α-hetero) is 1. The maximum Gasteiger partial charge on any atom is 0.179 e. The summed E-state index contributed by atoms with van der Waals surface area (Å²) in [5, 5.41) is 8.95. The summed E-state index contributed by atoms with van der Waals surface area (Å²) in [6.45, 7) is -0.0513. The molecule has 0 aliphatic carbocycles. The minimum Gasteiger partial charge on any atom is -0.497 e. The number of hydrogen-bond acceptors (Lipinski definition) is 4. The van der Waals surface area contributed by atoms with E-state index >= 15 is 0 Å². The molecule has 1 atom stereocenters. The van der Waals surface area contributed by atoms with Gasteiger partial charge >= 0.3 is 0 Å². The van der Waals surface area contributed by atoms with Crippen LogP contribution in [0.5, 0.6) is 5.75 Å². The second kappa shape index (κ2) is 5.89. The number of carbonyl (C=O) groups is 1. The van der Waals surface area contributed by atoms with Crippen molar-refractivity contribution < 1.29 is 14.3 Å². The highest BCUT2D eigenvalue weighted by atomic mass is 16.5. The highest BCUT2D eigenvalue weighted by Gasteiger charge is 2.19. The van der Waals surface area contributed by atoms with Crippen molar-refractivity contribution in [1.29, 1.82) is 5.26 Å². The van der Waals surface area contributed by atoms with Crippen LogP contribution in [0, 0.1) is 11.3 Å². The Morgan fingerprint density at radius 3 is 2.44 bits per heavy atom. The molecule has 0 radical (unpaired) electrons. The lowest BCUT2D eigenvalue weighted by molar-refractivity contribution is -0.122. The normalized spacial score (nSPS) is 11.6. The fourth-order valence-electron chi connectivity index (χ4n) is 1.35. The molecule has 0 aliphatic heterocycles. The number of carbonyl (C=O) groups excluding carboxylic acids is 1. The Kier molecular flexibility index (Phi) is 4.49. The van der Waals surface area contributed by atoms with Gasteiger partial charge in [0, 0.05) is 7.11 Å². The molecule has 0 amide bonds. The van der Waals surface area contributed by atoms with Gasteiger partial charge < -0.3 is 9.47 Å². The van der Waals surface area contributed by atoms with Crippen LogP contribution in [0.4, 0.5) is 0 Å². The van der Waals surface area contributed by atoms with E-state index in [-0.39, 0.29) is 12.4 Å². The standard InChI is InChI=1S/C12H13NO3/c1-15-8-12(14)11(7-13)9-3-5-10(16-2)6-4-9/h3-6,11H,8H2,1-2H3/t11-/m1/s1. The van der Waals surface area contributed by atoms with Gasteiger partial charge in [0.05, 0.1) is 13.2 Å². The zero-order chi connectivity index (χ0) is 12.0. The summed E-state index contributed by atoms with van der Waals surface area (Å²) in [5.41, 5.74) is 0.658. The van der Waals surface area contributed by atoms with E-state index in [1.165, 1.54) is 7.11 Å². The highest BCUT2D eigenvalue weighted by Crippen LogP contribution is 2.19. The molecule has 0 aromatic heterocycles. The van der Waals surface area contributed by atoms with Crippen molar-refractivity contribution in [1.82, 2.24) is 0 Å². The lowest BCUT2D eigenvalue weighted by atomic mass is 9.96. The second-order valence-corrected chi connectivity index (χ2v) is 3.23. The smallest absolute Gasteiger partial charge is 0.179 e. The third kappa shape index (κ3) is 2.81. The Morgan fingerprint density at radius 1 is 1.38 bits per heavy atom. The Hall–Kier alpha value is -1.86. The van der Waals surface area contributed by atoms with Crippen LogP contribution in [0.3, 0.4) is 0 Å². The first kappa shape index (κ1) is 12.2. The van der Waals surface area contributed by atoms with Gasteiger partial charge in [0.1, 0.15) is 18.3 Å². The van der Waals surface area contributed by atoms with Crippen LogP contribution in [-0.4, -0.2) is 26.6 Å². The zero-order valence-electron chi connectivity index (χ0n) is 9.27. The Balaban J connectivity index is 2.88. The van der Waals surface area contributed by atoms with Gasteiger partial charge in [-0.2, -0.15) is 5.26 Å². The topological polar surface area (TPSA) is 59.3 Å². The van der Waals surface area contributed by atoms with E-state index in [1.54, 1.807) is 31.4 Å². The van der Waals surface area contributed by atoms with Crippen LogP contribution in [0.25, 0.3) is 0 Å². The van der Waals surface area contributed by atoms with E-state index in [0.717, 1.165) is 0 Å². The molecular weight excluding hydrogens is 206 g/mol. The molecule has 16 heavy (non-hydrogen) atoms. The van der Waals surface area contributed by atoms with Crippen LogP contribution < -0.4 is 4.74 Å². The molecule has 0 fully saturated rings. The van der Waals surface area contributed by atoms with Crippen molar-refractivity contribution in [2.75, 3.05) is 20.8 Å². The van der Waals surface area contributed by atoms with Gasteiger partial charge in [-0.25, -0.2) is 0 Å². The molecule has 0 saturated carbocycles. The van der Waals surface area contributed by atoms with Gasteiger partial charge in [0.15, 0.2) is 5.78 Å². The van der Waals surface area contributed by atoms with Gasteiger partial charge in [-0.1, -0.05) is 12.1 Å². The zero-order valence-corrected chi connectivity index (χ0v) is 9.27. The summed E-state index contributed by atoms with van der Waals surface area (Å²) in [7, 11) is 2.99. The molecule has 0 aliphatic rings. The minimum atomic E-state index is -0.772. The monoisotopic (exact) mass is 219 g/mol. The van der Waals surface area contributed by atoms with Gasteiger partial charge in [-0.3, -0.25) is 4.79 Å². The predicted octanol–water partition coefficient (Wildman–Crippen LogP) is 1.52. The average Bonchev–Trinajstić information content (AvgIpc) is 2.31. The van der Waals surface area contributed by atoms with Gasteiger partial charge in [-0.05, 0) is 17.7 Å². The van der Waals surface area contributed by atoms with Crippen LogP contribution >= 0.6 is 0 Å². The Bertz CT molecular complexity index is 392. The molecule has 1 rings (SSSR count). The molecule has 4 nitrogen and oxygen atoms in total. The fraction of sp³-hybridized carbons (Fsp3) is 0.333. The van der Waals surface area contributed by atoms with E-state index in [2.05, 4.69) is 0 Å². The maximum atomic E-state index is 11.6. The van der Waals surface area contributed by atoms with E-state index in [1.807, 2.05) is 6.07 Å². The van der Waals surface area contributed by atoms with E-state index in [9.17, 15) is 4.79 Å². The number of nitriles is 1. The summed E-state index contributed by atoms with van der Waals surface area (Å²) in [6, 6.07) is 8.83. The van der Waals surface area contributed by atoms with Crippen LogP contribution in [0.1, 0.15) is 11.5 Å². The van der Waals surface area contributed by atoms with Crippen molar-refractivity contribution >= 4 is 5.78 Å². The first-order valence-corrected chi connectivity index (χ1v) is 4.78. The summed E-state index contributed by atoms with van der Waals surface area (Å²) < 4.78 is 9.73. The number of ether oxygens (including phenoxy) is 2. The van der Waals surface area contributed by atoms with Gasteiger partial charge in [-0.15, -0.1) is 0 Å². The first-order valence-electron chi connectivity index (χ1n) is 4.78. The lowest BCUT2D eigenvalue weighted by Crippen LogP contribution is -2.16. The van der Waals surface area contributed by atoms with Crippen molar-refractivity contribution in [2.45, 2.75) is 5.92 Å². The molecule has 84 valence electrons. The Morgan fingerprint density at radius 2 is 2.00 bits per heavy atom. The summed E-state index contributed by atoms with van der Waals surface area (Å²) in [5.74, 6) is -0.319. The van der Waals surface area contributed by atoms with E-state index in [4.69, 9.17) is 14.7 Å². The number of ketones is 1. The van der Waals surface area contributed by atoms with Crippen molar-refractivity contribution in [3.63, 3.8) is 0 Å².